The van der Waals surface area contributed by atoms with Gasteiger partial charge in [0.1, 0.15) is 0 Å². The minimum atomic E-state index is -0.501. The second-order valence-corrected chi connectivity index (χ2v) is 27.0. The minimum absolute atomic E-state index is 0. The molecule has 2 aliphatic carbocycles. The molecule has 2 aromatic heterocycles. The Morgan fingerprint density at radius 3 is 1.23 bits per heavy atom. The number of hydrogen-bond donors (Lipinski definition) is 0. The molecule has 4 heterocycles. The summed E-state index contributed by atoms with van der Waals surface area (Å²) in [7, 11) is 0. The van der Waals surface area contributed by atoms with E-state index >= 15 is 0 Å². The summed E-state index contributed by atoms with van der Waals surface area (Å²) < 4.78 is 4.27. The minimum Gasteiger partial charge on any atom is -0.426 e. The molecular formula is C53H66N4PtS4. The number of benzene rings is 2. The molecule has 0 amide bonds. The van der Waals surface area contributed by atoms with Crippen molar-refractivity contribution in [3.63, 3.8) is 0 Å². The van der Waals surface area contributed by atoms with Gasteiger partial charge < -0.3 is 47.9 Å². The van der Waals surface area contributed by atoms with Crippen molar-refractivity contribution in [2.45, 2.75) is 143 Å². The quantitative estimate of drug-likeness (QED) is 0.165. The molecule has 0 saturated heterocycles. The molecule has 332 valence electrons. The molecule has 4 atom stereocenters. The van der Waals surface area contributed by atoms with Gasteiger partial charge in [-0.1, -0.05) is 185 Å². The van der Waals surface area contributed by atoms with Gasteiger partial charge in [-0.25, -0.2) is 0 Å². The zero-order valence-corrected chi connectivity index (χ0v) is 44.8. The van der Waals surface area contributed by atoms with Crippen LogP contribution in [0.1, 0.15) is 121 Å². The van der Waals surface area contributed by atoms with Crippen LogP contribution in [0.4, 0.5) is 11.4 Å². The molecule has 4 unspecified atom stereocenters. The number of hydrogen-bond acceptors (Lipinski definition) is 8. The first-order valence-electron chi connectivity index (χ1n) is 22.2. The second kappa shape index (κ2) is 16.7. The van der Waals surface area contributed by atoms with E-state index in [2.05, 4.69) is 180 Å². The number of rotatable bonds is 8. The Morgan fingerprint density at radius 1 is 0.532 bits per heavy atom. The monoisotopic (exact) mass is 1080 g/mol. The third-order valence-electron chi connectivity index (χ3n) is 12.2. The Labute approximate surface area is 406 Å². The first-order valence-corrected chi connectivity index (χ1v) is 24.7. The third-order valence-corrected chi connectivity index (χ3v) is 15.0. The molecule has 0 spiro atoms. The molecule has 0 fully saturated rings. The van der Waals surface area contributed by atoms with Gasteiger partial charge in [0.15, 0.2) is 0 Å². The fourth-order valence-electron chi connectivity index (χ4n) is 10.1. The molecule has 62 heavy (non-hydrogen) atoms. The fourth-order valence-corrected chi connectivity index (χ4v) is 13.0. The van der Waals surface area contributed by atoms with E-state index in [0.29, 0.717) is 0 Å². The Hall–Kier alpha value is -2.61. The van der Waals surface area contributed by atoms with Crippen molar-refractivity contribution >= 4 is 90.9 Å². The molecule has 2 aromatic carbocycles. The van der Waals surface area contributed by atoms with Crippen LogP contribution in [0.5, 0.6) is 0 Å². The van der Waals surface area contributed by atoms with Crippen LogP contribution in [-0.4, -0.2) is 23.5 Å². The first kappa shape index (κ1) is 47.4. The number of allylic oxidation sites excluding steroid dienone is 4. The Bertz CT molecular complexity index is 2390. The van der Waals surface area contributed by atoms with E-state index in [0.717, 1.165) is 56.9 Å². The van der Waals surface area contributed by atoms with Gasteiger partial charge in [-0.2, -0.15) is 10.2 Å². The van der Waals surface area contributed by atoms with E-state index in [9.17, 15) is 0 Å². The van der Waals surface area contributed by atoms with Crippen LogP contribution in [0, 0.1) is 38.9 Å². The second-order valence-electron chi connectivity index (χ2n) is 23.6. The number of hydrazone groups is 2. The Kier molecular flexibility index (Phi) is 12.7. The summed E-state index contributed by atoms with van der Waals surface area (Å²) in [5.74, 6) is 0.124. The SMILES string of the molecule is CC(C)(C)CC1=CC2C(C(C)(C)C3=NN(c4c([S-])sc5cc(CC(C)(C)C)ccc45)C4C=CC(CC(C)(C)C)=CC34)=NN(c3c([S-])sc4cc(CC(C)(C)C)ccc34)C2C=C1.[Pt+2]. The van der Waals surface area contributed by atoms with Gasteiger partial charge >= 0.3 is 21.1 Å². The van der Waals surface area contributed by atoms with Crippen molar-refractivity contribution in [1.29, 1.82) is 0 Å². The van der Waals surface area contributed by atoms with E-state index in [1.165, 1.54) is 42.4 Å². The molecule has 0 bridgehead atoms. The molecule has 4 aromatic rings. The summed E-state index contributed by atoms with van der Waals surface area (Å²) in [4.78, 5) is 0. The molecule has 4 aliphatic rings. The largest absolute Gasteiger partial charge is 2.00 e. The summed E-state index contributed by atoms with van der Waals surface area (Å²) in [6.45, 7) is 32.5. The molecular weight excluding hydrogens is 1020 g/mol. The van der Waals surface area contributed by atoms with Crippen molar-refractivity contribution in [3.8, 4) is 0 Å². The number of thiophene rings is 2. The summed E-state index contributed by atoms with van der Waals surface area (Å²) in [6.07, 6.45) is 18.6. The van der Waals surface area contributed by atoms with Gasteiger partial charge in [0.25, 0.3) is 0 Å². The van der Waals surface area contributed by atoms with Crippen LogP contribution in [0.2, 0.25) is 0 Å². The predicted octanol–water partition coefficient (Wildman–Crippen LogP) is 15.0. The van der Waals surface area contributed by atoms with Gasteiger partial charge in [-0.05, 0) is 83.1 Å². The van der Waals surface area contributed by atoms with Crippen LogP contribution in [0.15, 0.2) is 103 Å². The normalized spacial score (nSPS) is 21.8. The number of anilines is 2. The molecule has 0 saturated carbocycles. The van der Waals surface area contributed by atoms with Crippen LogP contribution in [0.25, 0.3) is 20.2 Å². The Morgan fingerprint density at radius 2 is 0.887 bits per heavy atom. The van der Waals surface area contributed by atoms with E-state index in [1.54, 1.807) is 22.7 Å². The van der Waals surface area contributed by atoms with E-state index in [4.69, 9.17) is 35.5 Å². The summed E-state index contributed by atoms with van der Waals surface area (Å²) >= 11 is 16.0. The molecule has 2 aliphatic heterocycles. The molecule has 9 heteroatoms. The van der Waals surface area contributed by atoms with Crippen molar-refractivity contribution in [1.82, 2.24) is 0 Å². The Balaban J connectivity index is 0.00000578. The van der Waals surface area contributed by atoms with Crippen LogP contribution in [0.3, 0.4) is 0 Å². The first-order chi connectivity index (χ1) is 28.2. The van der Waals surface area contributed by atoms with Crippen molar-refractivity contribution in [3.05, 3.63) is 95.1 Å². The smallest absolute Gasteiger partial charge is 0.426 e. The van der Waals surface area contributed by atoms with Crippen LogP contribution in [-0.2, 0) is 59.2 Å². The average molecular weight is 1080 g/mol. The third kappa shape index (κ3) is 9.67. The maximum atomic E-state index is 6.26. The fraction of sp³-hybridized carbons (Fsp3) is 0.509. The van der Waals surface area contributed by atoms with Crippen molar-refractivity contribution in [2.75, 3.05) is 10.0 Å². The van der Waals surface area contributed by atoms with Gasteiger partial charge in [0.2, 0.25) is 0 Å². The predicted molar refractivity (Wildman–Crippen MR) is 272 cm³/mol. The molecule has 0 radical (unpaired) electrons. The number of fused-ring (bicyclic) bond motifs is 4. The zero-order valence-electron chi connectivity index (χ0n) is 39.3. The van der Waals surface area contributed by atoms with Gasteiger partial charge in [0.05, 0.1) is 34.9 Å². The topological polar surface area (TPSA) is 31.2 Å². The molecule has 8 rings (SSSR count). The standard InChI is InChI=1S/C53H68N4S4.Pt/c1-49(2,3)27-31-17-21-39-37(23-31)45(54-56(39)43-35-19-15-33(29-51(7,8)9)25-41(35)60-47(43)58)53(13,14)46-38-24-32(28-50(4,5)6)18-22-40(38)57(55-46)44-36-20-16-34(30-52(10,11)12)26-42(36)61-48(44)59;/h15-26,37-40,58-59H,27-30H2,1-14H3;/q;+2/p-2. The van der Waals surface area contributed by atoms with Gasteiger partial charge in [-0.3, -0.25) is 10.0 Å². The summed E-state index contributed by atoms with van der Waals surface area (Å²) in [5.41, 5.74) is 10.1. The summed E-state index contributed by atoms with van der Waals surface area (Å²) in [6, 6.07) is 13.9. The van der Waals surface area contributed by atoms with Crippen LogP contribution >= 0.6 is 22.7 Å². The zero-order chi connectivity index (χ0) is 44.2. The maximum absolute atomic E-state index is 6.26. The average Bonchev–Trinajstić information content (AvgIpc) is 3.84. The van der Waals surface area contributed by atoms with Gasteiger partial charge in [0, 0.05) is 17.3 Å². The van der Waals surface area contributed by atoms with Gasteiger partial charge in [-0.15, -0.1) is 0 Å². The number of nitrogens with zero attached hydrogens (tertiary/aromatic N) is 4. The molecule has 4 nitrogen and oxygen atoms in total. The molecule has 0 N–H and O–H groups in total. The van der Waals surface area contributed by atoms with E-state index in [1.807, 2.05) is 0 Å². The summed E-state index contributed by atoms with van der Waals surface area (Å²) in [5, 5.41) is 18.5. The van der Waals surface area contributed by atoms with Crippen molar-refractivity contribution < 1.29 is 21.1 Å². The maximum Gasteiger partial charge on any atom is 2.00 e. The van der Waals surface area contributed by atoms with E-state index in [-0.39, 0.29) is 66.6 Å². The van der Waals surface area contributed by atoms with Crippen molar-refractivity contribution in [2.24, 2.45) is 49.1 Å². The van der Waals surface area contributed by atoms with E-state index < -0.39 is 5.41 Å². The van der Waals surface area contributed by atoms with Crippen LogP contribution < -0.4 is 10.0 Å².